The predicted molar refractivity (Wildman–Crippen MR) is 101 cm³/mol. The van der Waals surface area contributed by atoms with E-state index in [1.165, 1.54) is 0 Å². The molecule has 0 spiro atoms. The number of amides is 1. The van der Waals surface area contributed by atoms with Gasteiger partial charge >= 0.3 is 0 Å². The molecule has 1 atom stereocenters. The van der Waals surface area contributed by atoms with Crippen LogP contribution in [0.1, 0.15) is 32.6 Å². The van der Waals surface area contributed by atoms with Gasteiger partial charge in [0.15, 0.2) is 0 Å². The Morgan fingerprint density at radius 1 is 1.08 bits per heavy atom. The van der Waals surface area contributed by atoms with Gasteiger partial charge in [-0.15, -0.1) is 0 Å². The van der Waals surface area contributed by atoms with E-state index < -0.39 is 0 Å². The normalized spacial score (nSPS) is 16.3. The topological polar surface area (TPSA) is 56.8 Å². The summed E-state index contributed by atoms with van der Waals surface area (Å²) in [5.41, 5.74) is 0.765. The molecular formula is C21H25NO4. The average molecular weight is 355 g/mol. The highest BCUT2D eigenvalue weighted by atomic mass is 16.5. The zero-order valence-corrected chi connectivity index (χ0v) is 15.1. The molecule has 0 saturated carbocycles. The molecule has 1 saturated heterocycles. The molecule has 26 heavy (non-hydrogen) atoms. The SMILES string of the molecule is CCOc1ccc(Oc2ccc(NC(=O)CCC3CCCO3)cc2)cc1. The Bertz CT molecular complexity index is 691. The fourth-order valence-corrected chi connectivity index (χ4v) is 2.90. The molecule has 0 aliphatic carbocycles. The van der Waals surface area contributed by atoms with Crippen LogP contribution in [0.3, 0.4) is 0 Å². The molecule has 0 radical (unpaired) electrons. The highest BCUT2D eigenvalue weighted by Crippen LogP contribution is 2.25. The molecule has 1 unspecified atom stereocenters. The first-order valence-electron chi connectivity index (χ1n) is 9.15. The Kier molecular flexibility index (Phi) is 6.50. The highest BCUT2D eigenvalue weighted by Gasteiger charge is 2.16. The number of hydrogen-bond donors (Lipinski definition) is 1. The van der Waals surface area contributed by atoms with Crippen molar-refractivity contribution in [1.29, 1.82) is 0 Å². The van der Waals surface area contributed by atoms with Gasteiger partial charge in [-0.1, -0.05) is 0 Å². The molecule has 0 aromatic heterocycles. The van der Waals surface area contributed by atoms with E-state index in [9.17, 15) is 4.79 Å². The average Bonchev–Trinajstić information content (AvgIpc) is 3.17. The highest BCUT2D eigenvalue weighted by molar-refractivity contribution is 5.90. The van der Waals surface area contributed by atoms with Gasteiger partial charge in [-0.3, -0.25) is 4.79 Å². The van der Waals surface area contributed by atoms with Crippen molar-refractivity contribution in [2.45, 2.75) is 38.7 Å². The molecule has 1 heterocycles. The van der Waals surface area contributed by atoms with E-state index in [2.05, 4.69) is 5.32 Å². The maximum absolute atomic E-state index is 12.0. The van der Waals surface area contributed by atoms with Crippen molar-refractivity contribution in [3.05, 3.63) is 48.5 Å². The molecule has 5 heteroatoms. The lowest BCUT2D eigenvalue weighted by Gasteiger charge is -2.10. The van der Waals surface area contributed by atoms with Gasteiger partial charge in [-0.2, -0.15) is 0 Å². The third-order valence-corrected chi connectivity index (χ3v) is 4.23. The minimum atomic E-state index is 0.0145. The summed E-state index contributed by atoms with van der Waals surface area (Å²) in [6.45, 7) is 3.41. The quantitative estimate of drug-likeness (QED) is 0.741. The lowest BCUT2D eigenvalue weighted by atomic mass is 10.1. The number of ether oxygens (including phenoxy) is 3. The van der Waals surface area contributed by atoms with Crippen molar-refractivity contribution in [3.8, 4) is 17.2 Å². The Morgan fingerprint density at radius 2 is 1.73 bits per heavy atom. The second kappa shape index (κ2) is 9.25. The summed E-state index contributed by atoms with van der Waals surface area (Å²) in [5.74, 6) is 2.29. The van der Waals surface area contributed by atoms with Gasteiger partial charge in [0.25, 0.3) is 0 Å². The third-order valence-electron chi connectivity index (χ3n) is 4.23. The summed E-state index contributed by atoms with van der Waals surface area (Å²) in [6, 6.07) is 14.8. The number of hydrogen-bond acceptors (Lipinski definition) is 4. The minimum absolute atomic E-state index is 0.0145. The van der Waals surface area contributed by atoms with Gasteiger partial charge < -0.3 is 19.5 Å². The van der Waals surface area contributed by atoms with Gasteiger partial charge in [0.2, 0.25) is 5.91 Å². The number of anilines is 1. The fraction of sp³-hybridized carbons (Fsp3) is 0.381. The first-order valence-corrected chi connectivity index (χ1v) is 9.15. The number of nitrogens with one attached hydrogen (secondary N) is 1. The van der Waals surface area contributed by atoms with Crippen LogP contribution in [0.4, 0.5) is 5.69 Å². The van der Waals surface area contributed by atoms with Crippen molar-refractivity contribution in [2.24, 2.45) is 0 Å². The van der Waals surface area contributed by atoms with Gasteiger partial charge in [0.1, 0.15) is 17.2 Å². The monoisotopic (exact) mass is 355 g/mol. The summed E-state index contributed by atoms with van der Waals surface area (Å²) in [7, 11) is 0. The van der Waals surface area contributed by atoms with Gasteiger partial charge in [-0.25, -0.2) is 0 Å². The van der Waals surface area contributed by atoms with Crippen LogP contribution in [-0.2, 0) is 9.53 Å². The van der Waals surface area contributed by atoms with Gasteiger partial charge in [0.05, 0.1) is 12.7 Å². The molecule has 1 aliphatic heterocycles. The van der Waals surface area contributed by atoms with E-state index in [0.29, 0.717) is 18.8 Å². The van der Waals surface area contributed by atoms with Crippen molar-refractivity contribution < 1.29 is 19.0 Å². The zero-order valence-electron chi connectivity index (χ0n) is 15.1. The molecule has 1 fully saturated rings. The zero-order chi connectivity index (χ0) is 18.2. The van der Waals surface area contributed by atoms with Crippen LogP contribution in [0, 0.1) is 0 Å². The lowest BCUT2D eigenvalue weighted by molar-refractivity contribution is -0.116. The predicted octanol–water partition coefficient (Wildman–Crippen LogP) is 4.78. The number of carbonyl (C=O) groups excluding carboxylic acids is 1. The molecule has 0 bridgehead atoms. The number of benzene rings is 2. The van der Waals surface area contributed by atoms with Gasteiger partial charge in [-0.05, 0) is 74.7 Å². The molecular weight excluding hydrogens is 330 g/mol. The first-order chi connectivity index (χ1) is 12.7. The summed E-state index contributed by atoms with van der Waals surface area (Å²) in [4.78, 5) is 12.0. The van der Waals surface area contributed by atoms with E-state index in [1.54, 1.807) is 0 Å². The molecule has 1 aliphatic rings. The Balaban J connectivity index is 1.47. The van der Waals surface area contributed by atoms with E-state index in [0.717, 1.165) is 43.1 Å². The van der Waals surface area contributed by atoms with Crippen LogP contribution in [0.25, 0.3) is 0 Å². The summed E-state index contributed by atoms with van der Waals surface area (Å²) in [5, 5.41) is 2.91. The summed E-state index contributed by atoms with van der Waals surface area (Å²) in [6.07, 6.45) is 3.66. The largest absolute Gasteiger partial charge is 0.494 e. The van der Waals surface area contributed by atoms with Crippen LogP contribution in [-0.4, -0.2) is 25.2 Å². The maximum Gasteiger partial charge on any atom is 0.224 e. The Labute approximate surface area is 154 Å². The molecule has 2 aromatic rings. The molecule has 3 rings (SSSR count). The smallest absolute Gasteiger partial charge is 0.224 e. The second-order valence-electron chi connectivity index (χ2n) is 6.25. The minimum Gasteiger partial charge on any atom is -0.494 e. The fourth-order valence-electron chi connectivity index (χ4n) is 2.90. The van der Waals surface area contributed by atoms with Crippen molar-refractivity contribution in [1.82, 2.24) is 0 Å². The van der Waals surface area contributed by atoms with Crippen molar-refractivity contribution in [3.63, 3.8) is 0 Å². The van der Waals surface area contributed by atoms with Crippen LogP contribution in [0.15, 0.2) is 48.5 Å². The van der Waals surface area contributed by atoms with Gasteiger partial charge in [0, 0.05) is 18.7 Å². The first kappa shape index (κ1) is 18.3. The summed E-state index contributed by atoms with van der Waals surface area (Å²) < 4.78 is 16.8. The summed E-state index contributed by atoms with van der Waals surface area (Å²) >= 11 is 0. The number of rotatable bonds is 8. The van der Waals surface area contributed by atoms with E-state index in [-0.39, 0.29) is 12.0 Å². The van der Waals surface area contributed by atoms with Crippen molar-refractivity contribution >= 4 is 11.6 Å². The standard InChI is InChI=1S/C21H25NO4/c1-2-24-18-9-11-20(12-10-18)26-19-7-5-16(6-8-19)22-21(23)14-13-17-4-3-15-25-17/h5-12,17H,2-4,13-15H2,1H3,(H,22,23). The molecule has 1 N–H and O–H groups in total. The third kappa shape index (κ3) is 5.49. The number of carbonyl (C=O) groups is 1. The van der Waals surface area contributed by atoms with E-state index >= 15 is 0 Å². The van der Waals surface area contributed by atoms with Crippen LogP contribution >= 0.6 is 0 Å². The molecule has 138 valence electrons. The van der Waals surface area contributed by atoms with E-state index in [1.807, 2.05) is 55.5 Å². The molecule has 2 aromatic carbocycles. The Hall–Kier alpha value is -2.53. The van der Waals surface area contributed by atoms with E-state index in [4.69, 9.17) is 14.2 Å². The van der Waals surface area contributed by atoms with Crippen LogP contribution in [0.5, 0.6) is 17.2 Å². The second-order valence-corrected chi connectivity index (χ2v) is 6.25. The lowest BCUT2D eigenvalue weighted by Crippen LogP contribution is -2.15. The van der Waals surface area contributed by atoms with Crippen molar-refractivity contribution in [2.75, 3.05) is 18.5 Å². The van der Waals surface area contributed by atoms with Crippen LogP contribution in [0.2, 0.25) is 0 Å². The Morgan fingerprint density at radius 3 is 2.35 bits per heavy atom. The van der Waals surface area contributed by atoms with Crippen LogP contribution < -0.4 is 14.8 Å². The maximum atomic E-state index is 12.0. The molecule has 5 nitrogen and oxygen atoms in total. The molecule has 1 amide bonds.